The molecular formula is C16H20F3N2O2+. The molecule has 1 saturated carbocycles. The van der Waals surface area contributed by atoms with Crippen LogP contribution in [0.1, 0.15) is 44.5 Å². The van der Waals surface area contributed by atoms with E-state index in [2.05, 4.69) is 4.98 Å². The van der Waals surface area contributed by atoms with E-state index in [0.717, 1.165) is 18.9 Å². The van der Waals surface area contributed by atoms with E-state index in [1.807, 2.05) is 0 Å². The van der Waals surface area contributed by atoms with Gasteiger partial charge in [0.25, 0.3) is 0 Å². The molecule has 0 bridgehead atoms. The lowest BCUT2D eigenvalue weighted by atomic mass is 10.0. The summed E-state index contributed by atoms with van der Waals surface area (Å²) < 4.78 is 44.1. The molecule has 1 aromatic heterocycles. The minimum absolute atomic E-state index is 0.00134. The van der Waals surface area contributed by atoms with Gasteiger partial charge in [-0.1, -0.05) is 0 Å². The van der Waals surface area contributed by atoms with E-state index in [1.54, 1.807) is 13.8 Å². The van der Waals surface area contributed by atoms with E-state index >= 15 is 0 Å². The quantitative estimate of drug-likeness (QED) is 0.768. The first kappa shape index (κ1) is 16.2. The van der Waals surface area contributed by atoms with Gasteiger partial charge in [-0.25, -0.2) is 4.98 Å². The molecule has 0 N–H and O–H groups in total. The smallest absolute Gasteiger partial charge is 0.417 e. The van der Waals surface area contributed by atoms with Crippen LogP contribution in [0.5, 0.6) is 0 Å². The van der Waals surface area contributed by atoms with Crippen LogP contribution in [0, 0.1) is 0 Å². The summed E-state index contributed by atoms with van der Waals surface area (Å²) in [7, 11) is 0. The number of pyridine rings is 1. The van der Waals surface area contributed by atoms with E-state index in [1.165, 1.54) is 6.07 Å². The van der Waals surface area contributed by atoms with Gasteiger partial charge in [0.05, 0.1) is 6.54 Å². The van der Waals surface area contributed by atoms with E-state index < -0.39 is 11.9 Å². The number of aryl methyl sites for hydroxylation is 1. The van der Waals surface area contributed by atoms with Gasteiger partial charge in [-0.2, -0.15) is 22.4 Å². The first-order chi connectivity index (χ1) is 10.7. The molecule has 1 unspecified atom stereocenters. The summed E-state index contributed by atoms with van der Waals surface area (Å²) in [5.41, 5.74) is 0.0559. The van der Waals surface area contributed by atoms with Gasteiger partial charge in [0.1, 0.15) is 23.5 Å². The van der Waals surface area contributed by atoms with Crippen molar-refractivity contribution in [1.29, 1.82) is 0 Å². The van der Waals surface area contributed by atoms with Crippen molar-refractivity contribution < 1.29 is 22.7 Å². The number of carbonyl (C=O) groups is 1. The lowest BCUT2D eigenvalue weighted by Crippen LogP contribution is -2.59. The van der Waals surface area contributed by atoms with Crippen molar-refractivity contribution in [2.75, 3.05) is 6.54 Å². The highest BCUT2D eigenvalue weighted by Crippen LogP contribution is 2.45. The molecule has 23 heavy (non-hydrogen) atoms. The number of nitrogens with zero attached hydrogens (tertiary/aromatic N) is 2. The Hall–Kier alpha value is -1.63. The normalized spacial score (nSPS) is 24.4. The molecule has 1 atom stereocenters. The molecule has 0 aromatic carbocycles. The van der Waals surface area contributed by atoms with Crippen LogP contribution in [0.4, 0.5) is 23.7 Å². The van der Waals surface area contributed by atoms with Crippen molar-refractivity contribution in [1.82, 2.24) is 9.47 Å². The molecule has 1 fully saturated rings. The molecule has 1 aliphatic carbocycles. The molecule has 126 valence electrons. The number of quaternary nitrogens is 1. The fourth-order valence-corrected chi connectivity index (χ4v) is 3.34. The average molecular weight is 329 g/mol. The fraction of sp³-hybridized carbons (Fsp3) is 0.625. The number of fused-ring (bicyclic) bond motifs is 1. The predicted molar refractivity (Wildman–Crippen MR) is 78.9 cm³/mol. The summed E-state index contributed by atoms with van der Waals surface area (Å²) in [6.45, 7) is 4.12. The maximum atomic E-state index is 12.9. The van der Waals surface area contributed by atoms with E-state index in [4.69, 9.17) is 4.74 Å². The van der Waals surface area contributed by atoms with Crippen LogP contribution in [-0.4, -0.2) is 29.8 Å². The number of rotatable bonds is 2. The van der Waals surface area contributed by atoms with Crippen molar-refractivity contribution in [2.24, 2.45) is 0 Å². The molecule has 0 radical (unpaired) electrons. The number of hydrogen-bond acceptors (Lipinski definition) is 3. The molecule has 2 heterocycles. The number of carbonyl (C=O) groups excluding carboxylic acids is 1. The monoisotopic (exact) mass is 329 g/mol. The standard InChI is InChI=1S/C16H20F3N2O2/c1-10(2)23-15(22)21(11-5-6-11)9-3-4-12-13(21)7-8-14(20-12)16(17,18)19/h7-8,10-11H,3-6,9H2,1-2H3/q+1. The van der Waals surface area contributed by atoms with Gasteiger partial charge in [-0.3, -0.25) is 0 Å². The third-order valence-electron chi connectivity index (χ3n) is 4.43. The van der Waals surface area contributed by atoms with Crippen molar-refractivity contribution >= 4 is 11.8 Å². The molecular weight excluding hydrogens is 309 g/mol. The third-order valence-corrected chi connectivity index (χ3v) is 4.43. The molecule has 4 nitrogen and oxygen atoms in total. The SMILES string of the molecule is CC(C)OC(=O)[N+]1(C2CC2)CCCc2nc(C(F)(F)F)ccc21. The second-order valence-corrected chi connectivity index (χ2v) is 6.52. The second kappa shape index (κ2) is 5.47. The minimum atomic E-state index is -4.47. The first-order valence-electron chi connectivity index (χ1n) is 7.92. The van der Waals surface area contributed by atoms with Crippen LogP contribution in [0.2, 0.25) is 0 Å². The Bertz CT molecular complexity index is 626. The number of hydrogen-bond donors (Lipinski definition) is 0. The minimum Gasteiger partial charge on any atom is -0.417 e. The Morgan fingerprint density at radius 1 is 1.35 bits per heavy atom. The molecule has 7 heteroatoms. The molecule has 0 spiro atoms. The Balaban J connectivity index is 2.06. The highest BCUT2D eigenvalue weighted by Gasteiger charge is 2.56. The van der Waals surface area contributed by atoms with Crippen molar-refractivity contribution in [3.8, 4) is 0 Å². The van der Waals surface area contributed by atoms with Gasteiger partial charge in [-0.15, -0.1) is 0 Å². The van der Waals surface area contributed by atoms with Crippen molar-refractivity contribution in [3.63, 3.8) is 0 Å². The van der Waals surface area contributed by atoms with Crippen molar-refractivity contribution in [3.05, 3.63) is 23.5 Å². The Kier molecular flexibility index (Phi) is 3.86. The van der Waals surface area contributed by atoms with Crippen LogP contribution in [0.15, 0.2) is 12.1 Å². The Morgan fingerprint density at radius 3 is 2.61 bits per heavy atom. The fourth-order valence-electron chi connectivity index (χ4n) is 3.34. The molecule has 1 aliphatic heterocycles. The highest BCUT2D eigenvalue weighted by atomic mass is 19.4. The average Bonchev–Trinajstić information content (AvgIpc) is 3.29. The Labute approximate surface area is 132 Å². The molecule has 1 amide bonds. The van der Waals surface area contributed by atoms with Gasteiger partial charge in [0.2, 0.25) is 0 Å². The van der Waals surface area contributed by atoms with E-state index in [-0.39, 0.29) is 22.7 Å². The number of ether oxygens (including phenoxy) is 1. The van der Waals surface area contributed by atoms with Gasteiger partial charge in [0.15, 0.2) is 5.69 Å². The van der Waals surface area contributed by atoms with Crippen LogP contribution in [-0.2, 0) is 17.3 Å². The lowest BCUT2D eigenvalue weighted by molar-refractivity contribution is -0.141. The maximum Gasteiger partial charge on any atom is 0.521 e. The van der Waals surface area contributed by atoms with Gasteiger partial charge in [-0.05, 0) is 19.9 Å². The van der Waals surface area contributed by atoms with E-state index in [9.17, 15) is 18.0 Å². The zero-order valence-electron chi connectivity index (χ0n) is 13.2. The van der Waals surface area contributed by atoms with E-state index in [0.29, 0.717) is 30.8 Å². The first-order valence-corrected chi connectivity index (χ1v) is 7.92. The number of alkyl halides is 3. The second-order valence-electron chi connectivity index (χ2n) is 6.52. The third kappa shape index (κ3) is 2.82. The van der Waals surface area contributed by atoms with Crippen molar-refractivity contribution in [2.45, 2.75) is 57.9 Å². The highest BCUT2D eigenvalue weighted by molar-refractivity contribution is 5.85. The summed E-state index contributed by atoms with van der Waals surface area (Å²) in [6.07, 6.45) is -2.25. The van der Waals surface area contributed by atoms with Crippen LogP contribution >= 0.6 is 0 Å². The predicted octanol–water partition coefficient (Wildman–Crippen LogP) is 4.06. The number of aromatic nitrogens is 1. The summed E-state index contributed by atoms with van der Waals surface area (Å²) in [4.78, 5) is 16.6. The topological polar surface area (TPSA) is 39.2 Å². The molecule has 0 saturated heterocycles. The molecule has 3 rings (SSSR count). The van der Waals surface area contributed by atoms with Gasteiger partial charge < -0.3 is 4.74 Å². The summed E-state index contributed by atoms with van der Waals surface area (Å²) in [5.74, 6) is 0. The zero-order valence-corrected chi connectivity index (χ0v) is 13.2. The maximum absolute atomic E-state index is 12.9. The number of amides is 1. The summed E-state index contributed by atoms with van der Waals surface area (Å²) in [5, 5.41) is 0. The largest absolute Gasteiger partial charge is 0.521 e. The molecule has 2 aliphatic rings. The van der Waals surface area contributed by atoms with Crippen LogP contribution in [0.25, 0.3) is 0 Å². The van der Waals surface area contributed by atoms with Gasteiger partial charge >= 0.3 is 12.3 Å². The number of halogens is 3. The Morgan fingerprint density at radius 2 is 2.04 bits per heavy atom. The van der Waals surface area contributed by atoms with Crippen LogP contribution in [0.3, 0.4) is 0 Å². The van der Waals surface area contributed by atoms with Gasteiger partial charge in [0, 0.05) is 31.7 Å². The van der Waals surface area contributed by atoms with Crippen LogP contribution < -0.4 is 4.48 Å². The lowest BCUT2D eigenvalue weighted by Gasteiger charge is -2.38. The molecule has 1 aromatic rings. The summed E-state index contributed by atoms with van der Waals surface area (Å²) >= 11 is 0. The zero-order chi connectivity index (χ0) is 16.8. The summed E-state index contributed by atoms with van der Waals surface area (Å²) in [6, 6.07) is 2.49.